The molecule has 54 valence electrons. The van der Waals surface area contributed by atoms with E-state index in [9.17, 15) is 9.59 Å². The number of hydrogen-bond donors (Lipinski definition) is 0. The molecule has 0 radical (unpaired) electrons. The molecular formula is C7H8O3. The fourth-order valence-corrected chi connectivity index (χ4v) is 0.808. The Hall–Kier alpha value is -1.12. The standard InChI is InChI=1S/C7H8O3/c1-2-5-3-6(8)10-7(9)4-5/h3H,2,4H2,1H3. The molecular weight excluding hydrogens is 132 g/mol. The van der Waals surface area contributed by atoms with E-state index in [-0.39, 0.29) is 6.42 Å². The number of carbonyl (C=O) groups excluding carboxylic acids is 2. The fourth-order valence-electron chi connectivity index (χ4n) is 0.808. The van der Waals surface area contributed by atoms with Gasteiger partial charge in [0, 0.05) is 6.08 Å². The van der Waals surface area contributed by atoms with Crippen molar-refractivity contribution in [1.82, 2.24) is 0 Å². The van der Waals surface area contributed by atoms with Gasteiger partial charge in [0.2, 0.25) is 0 Å². The third kappa shape index (κ3) is 1.43. The average molecular weight is 140 g/mol. The molecule has 0 unspecified atom stereocenters. The molecule has 1 rings (SSSR count). The summed E-state index contributed by atoms with van der Waals surface area (Å²) in [4.78, 5) is 21.1. The molecule has 1 aliphatic heterocycles. The number of ether oxygens (including phenoxy) is 1. The predicted molar refractivity (Wildman–Crippen MR) is 34.1 cm³/mol. The Bertz CT molecular complexity index is 203. The van der Waals surface area contributed by atoms with Crippen LogP contribution in [0.15, 0.2) is 11.6 Å². The Morgan fingerprint density at radius 1 is 1.60 bits per heavy atom. The van der Waals surface area contributed by atoms with E-state index in [0.29, 0.717) is 0 Å². The number of rotatable bonds is 1. The van der Waals surface area contributed by atoms with E-state index in [0.717, 1.165) is 12.0 Å². The second-order valence-electron chi connectivity index (χ2n) is 2.13. The molecule has 0 aromatic heterocycles. The Labute approximate surface area is 58.7 Å². The second-order valence-corrected chi connectivity index (χ2v) is 2.13. The minimum absolute atomic E-state index is 0.266. The van der Waals surface area contributed by atoms with Gasteiger partial charge in [-0.3, -0.25) is 4.79 Å². The van der Waals surface area contributed by atoms with Gasteiger partial charge in [0.15, 0.2) is 0 Å². The number of carbonyl (C=O) groups is 2. The van der Waals surface area contributed by atoms with E-state index in [1.54, 1.807) is 0 Å². The maximum atomic E-state index is 10.6. The SMILES string of the molecule is CCC1=CC(=O)OC(=O)C1. The average Bonchev–Trinajstić information content (AvgIpc) is 1.85. The summed E-state index contributed by atoms with van der Waals surface area (Å²) >= 11 is 0. The van der Waals surface area contributed by atoms with Gasteiger partial charge >= 0.3 is 11.9 Å². The number of cyclic esters (lactones) is 2. The first kappa shape index (κ1) is 6.99. The Morgan fingerprint density at radius 2 is 2.30 bits per heavy atom. The molecule has 0 saturated carbocycles. The molecule has 0 aliphatic carbocycles. The molecule has 1 aliphatic rings. The molecule has 0 fully saturated rings. The van der Waals surface area contributed by atoms with E-state index >= 15 is 0 Å². The maximum absolute atomic E-state index is 10.6. The van der Waals surface area contributed by atoms with Crippen LogP contribution >= 0.6 is 0 Å². The summed E-state index contributed by atoms with van der Waals surface area (Å²) in [5.74, 6) is -0.975. The summed E-state index contributed by atoms with van der Waals surface area (Å²) in [6, 6.07) is 0. The highest BCUT2D eigenvalue weighted by molar-refractivity contribution is 5.96. The van der Waals surface area contributed by atoms with E-state index in [4.69, 9.17) is 0 Å². The van der Waals surface area contributed by atoms with Gasteiger partial charge < -0.3 is 4.74 Å². The lowest BCUT2D eigenvalue weighted by Crippen LogP contribution is -2.16. The zero-order valence-corrected chi connectivity index (χ0v) is 5.72. The minimum Gasteiger partial charge on any atom is -0.390 e. The first-order chi connectivity index (χ1) is 4.72. The number of hydrogen-bond acceptors (Lipinski definition) is 3. The highest BCUT2D eigenvalue weighted by Gasteiger charge is 2.16. The van der Waals surface area contributed by atoms with Crippen LogP contribution < -0.4 is 0 Å². The summed E-state index contributed by atoms with van der Waals surface area (Å²) in [6.45, 7) is 1.90. The van der Waals surface area contributed by atoms with Crippen LogP contribution in [0.2, 0.25) is 0 Å². The molecule has 3 nitrogen and oxygen atoms in total. The highest BCUT2D eigenvalue weighted by atomic mass is 16.6. The van der Waals surface area contributed by atoms with E-state index in [1.807, 2.05) is 6.92 Å². The molecule has 3 heteroatoms. The van der Waals surface area contributed by atoms with Crippen LogP contribution in [-0.4, -0.2) is 11.9 Å². The first-order valence-corrected chi connectivity index (χ1v) is 3.16. The Morgan fingerprint density at radius 3 is 2.80 bits per heavy atom. The smallest absolute Gasteiger partial charge is 0.338 e. The minimum atomic E-state index is -0.534. The van der Waals surface area contributed by atoms with Gasteiger partial charge in [-0.15, -0.1) is 0 Å². The number of esters is 2. The van der Waals surface area contributed by atoms with Crippen molar-refractivity contribution in [3.63, 3.8) is 0 Å². The van der Waals surface area contributed by atoms with Crippen LogP contribution in [0.25, 0.3) is 0 Å². The summed E-state index contributed by atoms with van der Waals surface area (Å²) in [7, 11) is 0. The lowest BCUT2D eigenvalue weighted by atomic mass is 10.1. The largest absolute Gasteiger partial charge is 0.390 e. The summed E-state index contributed by atoms with van der Waals surface area (Å²) in [6.07, 6.45) is 2.38. The molecule has 0 aromatic rings. The third-order valence-electron chi connectivity index (χ3n) is 1.36. The van der Waals surface area contributed by atoms with Crippen LogP contribution in [0.5, 0.6) is 0 Å². The Kier molecular flexibility index (Phi) is 1.85. The summed E-state index contributed by atoms with van der Waals surface area (Å²) in [5, 5.41) is 0. The van der Waals surface area contributed by atoms with Crippen molar-refractivity contribution in [1.29, 1.82) is 0 Å². The zero-order valence-electron chi connectivity index (χ0n) is 5.72. The normalized spacial score (nSPS) is 18.3. The van der Waals surface area contributed by atoms with Crippen molar-refractivity contribution < 1.29 is 14.3 Å². The molecule has 0 bridgehead atoms. The van der Waals surface area contributed by atoms with Gasteiger partial charge in [-0.2, -0.15) is 0 Å². The monoisotopic (exact) mass is 140 g/mol. The molecule has 0 atom stereocenters. The van der Waals surface area contributed by atoms with Gasteiger partial charge in [0.25, 0.3) is 0 Å². The van der Waals surface area contributed by atoms with Gasteiger partial charge in [-0.1, -0.05) is 12.5 Å². The quantitative estimate of drug-likeness (QED) is 0.399. The molecule has 10 heavy (non-hydrogen) atoms. The predicted octanol–water partition coefficient (Wildman–Crippen LogP) is 0.796. The molecule has 0 N–H and O–H groups in total. The van der Waals surface area contributed by atoms with E-state index < -0.39 is 11.9 Å². The van der Waals surface area contributed by atoms with Crippen molar-refractivity contribution in [3.8, 4) is 0 Å². The van der Waals surface area contributed by atoms with Crippen molar-refractivity contribution in [2.24, 2.45) is 0 Å². The van der Waals surface area contributed by atoms with Crippen LogP contribution in [0.3, 0.4) is 0 Å². The zero-order chi connectivity index (χ0) is 7.56. The van der Waals surface area contributed by atoms with Crippen LogP contribution in [0.1, 0.15) is 19.8 Å². The molecule has 0 saturated heterocycles. The van der Waals surface area contributed by atoms with Crippen molar-refractivity contribution >= 4 is 11.9 Å². The summed E-state index contributed by atoms with van der Waals surface area (Å²) in [5.41, 5.74) is 0.848. The van der Waals surface area contributed by atoms with Crippen LogP contribution in [0.4, 0.5) is 0 Å². The van der Waals surface area contributed by atoms with Crippen molar-refractivity contribution in [2.45, 2.75) is 19.8 Å². The van der Waals surface area contributed by atoms with Gasteiger partial charge in [0.1, 0.15) is 0 Å². The van der Waals surface area contributed by atoms with E-state index in [2.05, 4.69) is 4.74 Å². The van der Waals surface area contributed by atoms with Crippen molar-refractivity contribution in [3.05, 3.63) is 11.6 Å². The molecule has 0 aromatic carbocycles. The van der Waals surface area contributed by atoms with E-state index in [1.165, 1.54) is 6.08 Å². The topological polar surface area (TPSA) is 43.4 Å². The van der Waals surface area contributed by atoms with Crippen molar-refractivity contribution in [2.75, 3.05) is 0 Å². The van der Waals surface area contributed by atoms with Crippen LogP contribution in [-0.2, 0) is 14.3 Å². The molecule has 0 spiro atoms. The van der Waals surface area contributed by atoms with Crippen LogP contribution in [0, 0.1) is 0 Å². The fraction of sp³-hybridized carbons (Fsp3) is 0.429. The molecule has 0 amide bonds. The summed E-state index contributed by atoms with van der Waals surface area (Å²) < 4.78 is 4.26. The van der Waals surface area contributed by atoms with Gasteiger partial charge in [0.05, 0.1) is 6.42 Å². The lowest BCUT2D eigenvalue weighted by Gasteiger charge is -2.08. The lowest BCUT2D eigenvalue weighted by molar-refractivity contribution is -0.156. The van der Waals surface area contributed by atoms with Gasteiger partial charge in [-0.25, -0.2) is 4.79 Å². The highest BCUT2D eigenvalue weighted by Crippen LogP contribution is 2.12. The Balaban J connectivity index is 2.74. The first-order valence-electron chi connectivity index (χ1n) is 3.16. The maximum Gasteiger partial charge on any atom is 0.338 e. The second kappa shape index (κ2) is 2.64. The molecule has 1 heterocycles. The van der Waals surface area contributed by atoms with Gasteiger partial charge in [-0.05, 0) is 6.42 Å². The third-order valence-corrected chi connectivity index (χ3v) is 1.36.